The maximum absolute atomic E-state index is 13.5. The van der Waals surface area contributed by atoms with Gasteiger partial charge in [-0.3, -0.25) is 19.2 Å². The molecule has 0 radical (unpaired) electrons. The number of carbonyl (C=O) groups excluding carboxylic acids is 4. The number of anilines is 2. The Labute approximate surface area is 397 Å². The van der Waals surface area contributed by atoms with Gasteiger partial charge in [-0.25, -0.2) is 9.36 Å². The van der Waals surface area contributed by atoms with Crippen molar-refractivity contribution in [3.63, 3.8) is 0 Å². The molecule has 340 valence electrons. The van der Waals surface area contributed by atoms with Crippen LogP contribution in [0.5, 0.6) is 0 Å². The van der Waals surface area contributed by atoms with E-state index in [1.165, 1.54) is 0 Å². The lowest BCUT2D eigenvalue weighted by Crippen LogP contribution is -2.36. The molecule has 4 atom stereocenters. The van der Waals surface area contributed by atoms with Crippen LogP contribution in [0.1, 0.15) is 101 Å². The molecule has 2 N–H and O–H groups in total. The smallest absolute Gasteiger partial charge is 0.230 e. The average molecular weight is 899 g/mol. The molecular weight excluding hydrogens is 845 g/mol. The molecule has 6 aromatic carbocycles. The fraction of sp³-hybridized carbons (Fsp3) is 0.207. The van der Waals surface area contributed by atoms with Gasteiger partial charge in [0, 0.05) is 46.9 Å². The summed E-state index contributed by atoms with van der Waals surface area (Å²) in [6, 6.07) is 51.1. The van der Waals surface area contributed by atoms with Crippen LogP contribution in [0.3, 0.4) is 0 Å². The molecule has 2 aromatic heterocycles. The number of para-hydroxylation sites is 2. The molecule has 8 aromatic rings. The van der Waals surface area contributed by atoms with Gasteiger partial charge in [0.05, 0.1) is 34.6 Å². The van der Waals surface area contributed by atoms with Gasteiger partial charge in [0.15, 0.2) is 11.6 Å². The van der Waals surface area contributed by atoms with E-state index in [0.717, 1.165) is 67.3 Å². The summed E-state index contributed by atoms with van der Waals surface area (Å²) in [5.41, 5.74) is 13.0. The Bertz CT molecular complexity index is 2960. The monoisotopic (exact) mass is 898 g/mol. The molecule has 2 aliphatic rings. The highest BCUT2D eigenvalue weighted by atomic mass is 16.2. The van der Waals surface area contributed by atoms with E-state index in [1.807, 2.05) is 151 Å². The predicted molar refractivity (Wildman–Crippen MR) is 267 cm³/mol. The van der Waals surface area contributed by atoms with Gasteiger partial charge in [-0.2, -0.15) is 10.2 Å². The van der Waals surface area contributed by atoms with Crippen LogP contribution in [-0.2, 0) is 9.59 Å². The third kappa shape index (κ3) is 9.09. The zero-order chi connectivity index (χ0) is 47.6. The van der Waals surface area contributed by atoms with Crippen molar-refractivity contribution < 1.29 is 19.2 Å². The molecule has 2 aliphatic heterocycles. The van der Waals surface area contributed by atoms with Gasteiger partial charge >= 0.3 is 0 Å². The zero-order valence-electron chi connectivity index (χ0n) is 39.2. The zero-order valence-corrected chi connectivity index (χ0v) is 39.2. The summed E-state index contributed by atoms with van der Waals surface area (Å²) in [4.78, 5) is 53.6. The Morgan fingerprint density at radius 3 is 1.18 bits per heavy atom. The predicted octanol–water partition coefficient (Wildman–Crippen LogP) is 11.5. The first-order valence-electron chi connectivity index (χ1n) is 23.1. The Morgan fingerprint density at radius 1 is 0.456 bits per heavy atom. The van der Waals surface area contributed by atoms with Gasteiger partial charge in [0.2, 0.25) is 11.8 Å². The van der Waals surface area contributed by atoms with Crippen molar-refractivity contribution in [3.05, 3.63) is 225 Å². The Hall–Kier alpha value is -7.98. The SMILES string of the molecule is Cc1ccc([C@@H]2c3c(C)nn(-c4ccccc4)c3NC(=O)[C@H]2CC(=O)c2cccc(C)c2)cc1.Cc1ccc([C@H]2c3c(C)nn(-c4ccccc4)c3NC(=O)[C@H]2CC(=O)c2cccc(C)c2)cc1. The maximum atomic E-state index is 13.5. The number of hydrogen-bond acceptors (Lipinski definition) is 6. The summed E-state index contributed by atoms with van der Waals surface area (Å²) < 4.78 is 3.59. The van der Waals surface area contributed by atoms with E-state index in [9.17, 15) is 19.2 Å². The van der Waals surface area contributed by atoms with E-state index in [1.54, 1.807) is 9.36 Å². The first kappa shape index (κ1) is 45.2. The highest BCUT2D eigenvalue weighted by molar-refractivity contribution is 6.04. The lowest BCUT2D eigenvalue weighted by Gasteiger charge is -2.32. The van der Waals surface area contributed by atoms with E-state index >= 15 is 0 Å². The summed E-state index contributed by atoms with van der Waals surface area (Å²) >= 11 is 0. The molecule has 2 amide bonds. The highest BCUT2D eigenvalue weighted by Gasteiger charge is 2.43. The molecule has 0 aliphatic carbocycles. The minimum absolute atomic E-state index is 0.0301. The van der Waals surface area contributed by atoms with Crippen molar-refractivity contribution in [3.8, 4) is 11.4 Å². The largest absolute Gasteiger partial charge is 0.310 e. The molecule has 0 spiro atoms. The Morgan fingerprint density at radius 2 is 0.824 bits per heavy atom. The number of carbonyl (C=O) groups is 4. The summed E-state index contributed by atoms with van der Waals surface area (Å²) in [6.07, 6.45) is 0.256. The normalized spacial score (nSPS) is 17.2. The molecule has 10 heteroatoms. The third-order valence-electron chi connectivity index (χ3n) is 13.2. The van der Waals surface area contributed by atoms with E-state index in [0.29, 0.717) is 22.8 Å². The Kier molecular flexibility index (Phi) is 12.7. The number of nitrogens with one attached hydrogen (secondary N) is 2. The summed E-state index contributed by atoms with van der Waals surface area (Å²) in [5.74, 6) is -0.615. The van der Waals surface area contributed by atoms with Crippen molar-refractivity contribution in [2.75, 3.05) is 10.6 Å². The Balaban J connectivity index is 0.000000170. The van der Waals surface area contributed by atoms with Crippen LogP contribution in [0, 0.1) is 53.4 Å². The van der Waals surface area contributed by atoms with Gasteiger partial charge in [-0.1, -0.05) is 144 Å². The van der Waals surface area contributed by atoms with E-state index in [2.05, 4.69) is 59.2 Å². The van der Waals surface area contributed by atoms with E-state index in [4.69, 9.17) is 10.2 Å². The summed E-state index contributed by atoms with van der Waals surface area (Å²) in [5, 5.41) is 15.8. The number of aromatic nitrogens is 4. The highest BCUT2D eigenvalue weighted by Crippen LogP contribution is 2.46. The van der Waals surface area contributed by atoms with Crippen LogP contribution in [-0.4, -0.2) is 42.9 Å². The van der Waals surface area contributed by atoms with Crippen LogP contribution in [0.4, 0.5) is 11.6 Å². The van der Waals surface area contributed by atoms with Crippen LogP contribution < -0.4 is 10.6 Å². The molecule has 68 heavy (non-hydrogen) atoms. The molecule has 4 heterocycles. The molecule has 0 unspecified atom stereocenters. The number of Topliss-reactive ketones (excluding diaryl/α,β-unsaturated/α-hetero) is 2. The standard InChI is InChI=1S/2C29H27N3O2/c2*1-18-12-14-21(15-13-18)27-24(17-25(33)22-9-7-8-19(2)16-22)29(34)30-28-26(27)20(3)31-32(28)23-10-5-4-6-11-23/h2*4-16,24,27H,17H2,1-3H3,(H,30,34)/t24-,27+;24-,27-/m00/s1. The number of ketones is 2. The fourth-order valence-electron chi connectivity index (χ4n) is 9.74. The van der Waals surface area contributed by atoms with Gasteiger partial charge < -0.3 is 10.6 Å². The van der Waals surface area contributed by atoms with Crippen molar-refractivity contribution in [1.29, 1.82) is 0 Å². The topological polar surface area (TPSA) is 128 Å². The van der Waals surface area contributed by atoms with E-state index < -0.39 is 11.8 Å². The second-order valence-electron chi connectivity index (χ2n) is 18.2. The second kappa shape index (κ2) is 19.1. The van der Waals surface area contributed by atoms with Gasteiger partial charge in [0.25, 0.3) is 0 Å². The number of benzene rings is 6. The van der Waals surface area contributed by atoms with E-state index in [-0.39, 0.29) is 48.1 Å². The van der Waals surface area contributed by atoms with Gasteiger partial charge in [-0.15, -0.1) is 0 Å². The third-order valence-corrected chi connectivity index (χ3v) is 13.2. The molecule has 0 saturated heterocycles. The molecule has 0 saturated carbocycles. The number of fused-ring (bicyclic) bond motifs is 2. The molecule has 10 rings (SSSR count). The van der Waals surface area contributed by atoms with Gasteiger partial charge in [0.1, 0.15) is 11.6 Å². The maximum Gasteiger partial charge on any atom is 0.230 e. The first-order valence-corrected chi connectivity index (χ1v) is 23.1. The van der Waals surface area contributed by atoms with Crippen molar-refractivity contribution >= 4 is 35.0 Å². The lowest BCUT2D eigenvalue weighted by atomic mass is 9.75. The number of hydrogen-bond donors (Lipinski definition) is 2. The summed E-state index contributed by atoms with van der Waals surface area (Å²) in [6.45, 7) is 12.0. The minimum atomic E-state index is -0.532. The minimum Gasteiger partial charge on any atom is -0.310 e. The molecule has 0 bridgehead atoms. The van der Waals surface area contributed by atoms with Crippen LogP contribution in [0.2, 0.25) is 0 Å². The van der Waals surface area contributed by atoms with Crippen LogP contribution in [0.15, 0.2) is 158 Å². The van der Waals surface area contributed by atoms with Crippen molar-refractivity contribution in [1.82, 2.24) is 19.6 Å². The van der Waals surface area contributed by atoms with Crippen LogP contribution >= 0.6 is 0 Å². The average Bonchev–Trinajstić information content (AvgIpc) is 3.85. The summed E-state index contributed by atoms with van der Waals surface area (Å²) in [7, 11) is 0. The number of aryl methyl sites for hydroxylation is 6. The number of rotatable bonds is 10. The van der Waals surface area contributed by atoms with Crippen molar-refractivity contribution in [2.45, 2.75) is 66.2 Å². The van der Waals surface area contributed by atoms with Crippen LogP contribution in [0.25, 0.3) is 11.4 Å². The van der Waals surface area contributed by atoms with Crippen molar-refractivity contribution in [2.24, 2.45) is 11.8 Å². The molecular formula is C58H54N6O4. The fourth-order valence-corrected chi connectivity index (χ4v) is 9.74. The second-order valence-corrected chi connectivity index (χ2v) is 18.2. The van der Waals surface area contributed by atoms with Gasteiger partial charge in [-0.05, 0) is 89.1 Å². The number of nitrogens with zero attached hydrogens (tertiary/aromatic N) is 4. The lowest BCUT2D eigenvalue weighted by molar-refractivity contribution is -0.121. The molecule has 10 nitrogen and oxygen atoms in total. The quantitative estimate of drug-likeness (QED) is 0.132. The molecule has 0 fully saturated rings. The first-order chi connectivity index (χ1) is 32.8. The number of amides is 2.